The first-order valence-electron chi connectivity index (χ1n) is 10.4. The van der Waals surface area contributed by atoms with E-state index in [2.05, 4.69) is 24.5 Å². The lowest BCUT2D eigenvalue weighted by molar-refractivity contribution is 0.102. The van der Waals surface area contributed by atoms with Crippen molar-refractivity contribution in [3.05, 3.63) is 71.8 Å². The van der Waals surface area contributed by atoms with Crippen LogP contribution in [0, 0.1) is 5.41 Å². The highest BCUT2D eigenvalue weighted by molar-refractivity contribution is 5.69. The van der Waals surface area contributed by atoms with Crippen LogP contribution in [0.15, 0.2) is 60.7 Å². The molecule has 30 heavy (non-hydrogen) atoms. The fourth-order valence-electron chi connectivity index (χ4n) is 3.74. The summed E-state index contributed by atoms with van der Waals surface area (Å²) in [5, 5.41) is 5.87. The summed E-state index contributed by atoms with van der Waals surface area (Å²) in [5.41, 5.74) is 1.93. The van der Waals surface area contributed by atoms with E-state index in [4.69, 9.17) is 9.47 Å². The van der Waals surface area contributed by atoms with Crippen LogP contribution in [0.4, 0.5) is 9.59 Å². The van der Waals surface area contributed by atoms with Crippen LogP contribution in [0.2, 0.25) is 0 Å². The van der Waals surface area contributed by atoms with Crippen LogP contribution in [-0.2, 0) is 22.7 Å². The van der Waals surface area contributed by atoms with Crippen molar-refractivity contribution in [1.82, 2.24) is 10.6 Å². The Balaban J connectivity index is 1.52. The van der Waals surface area contributed by atoms with Gasteiger partial charge in [0, 0.05) is 0 Å². The second-order valence-corrected chi connectivity index (χ2v) is 8.53. The van der Waals surface area contributed by atoms with Gasteiger partial charge in [-0.05, 0) is 35.8 Å². The Morgan fingerprint density at radius 1 is 0.833 bits per heavy atom. The van der Waals surface area contributed by atoms with Crippen molar-refractivity contribution >= 4 is 12.2 Å². The number of benzene rings is 2. The SMILES string of the molecule is CC1(C)CC[C@@H](NC(=O)OCc2ccccc2)[C@H](NC(=O)OCc2ccccc2)C1. The van der Waals surface area contributed by atoms with E-state index >= 15 is 0 Å². The molecule has 6 nitrogen and oxygen atoms in total. The highest BCUT2D eigenvalue weighted by atomic mass is 16.6. The second-order valence-electron chi connectivity index (χ2n) is 8.53. The van der Waals surface area contributed by atoms with Crippen LogP contribution in [-0.4, -0.2) is 24.3 Å². The van der Waals surface area contributed by atoms with Gasteiger partial charge in [-0.2, -0.15) is 0 Å². The fraction of sp³-hybridized carbons (Fsp3) is 0.417. The summed E-state index contributed by atoms with van der Waals surface area (Å²) in [7, 11) is 0. The molecule has 0 bridgehead atoms. The third-order valence-electron chi connectivity index (χ3n) is 5.42. The first kappa shape index (κ1) is 21.7. The highest BCUT2D eigenvalue weighted by Gasteiger charge is 2.37. The maximum Gasteiger partial charge on any atom is 0.407 e. The molecule has 2 aromatic rings. The molecular formula is C24H30N2O4. The number of amides is 2. The van der Waals surface area contributed by atoms with Crippen LogP contribution >= 0.6 is 0 Å². The van der Waals surface area contributed by atoms with Crippen molar-refractivity contribution < 1.29 is 19.1 Å². The molecule has 0 aromatic heterocycles. The van der Waals surface area contributed by atoms with E-state index in [1.165, 1.54) is 0 Å². The van der Waals surface area contributed by atoms with Crippen molar-refractivity contribution in [3.8, 4) is 0 Å². The van der Waals surface area contributed by atoms with E-state index in [0.717, 1.165) is 30.4 Å². The van der Waals surface area contributed by atoms with Crippen LogP contribution in [0.25, 0.3) is 0 Å². The average molecular weight is 411 g/mol. The molecule has 1 aliphatic carbocycles. The fourth-order valence-corrected chi connectivity index (χ4v) is 3.74. The second kappa shape index (κ2) is 10.1. The maximum absolute atomic E-state index is 12.4. The molecule has 1 fully saturated rings. The van der Waals surface area contributed by atoms with Crippen LogP contribution in [0.5, 0.6) is 0 Å². The Kier molecular flexibility index (Phi) is 7.33. The van der Waals surface area contributed by atoms with Gasteiger partial charge in [0.05, 0.1) is 12.1 Å². The number of nitrogens with one attached hydrogen (secondary N) is 2. The molecule has 0 spiro atoms. The normalized spacial score (nSPS) is 20.1. The Morgan fingerprint density at radius 3 is 1.80 bits per heavy atom. The van der Waals surface area contributed by atoms with Crippen molar-refractivity contribution in [2.75, 3.05) is 0 Å². The van der Waals surface area contributed by atoms with Gasteiger partial charge in [0.2, 0.25) is 0 Å². The topological polar surface area (TPSA) is 76.7 Å². The van der Waals surface area contributed by atoms with Crippen molar-refractivity contribution in [2.24, 2.45) is 5.41 Å². The van der Waals surface area contributed by atoms with E-state index in [-0.39, 0.29) is 30.7 Å². The summed E-state index contributed by atoms with van der Waals surface area (Å²) >= 11 is 0. The Bertz CT molecular complexity index is 824. The number of rotatable bonds is 6. The molecule has 2 aromatic carbocycles. The minimum absolute atomic E-state index is 0.0729. The van der Waals surface area contributed by atoms with E-state index in [9.17, 15) is 9.59 Å². The van der Waals surface area contributed by atoms with E-state index < -0.39 is 12.2 Å². The first-order valence-corrected chi connectivity index (χ1v) is 10.4. The quantitative estimate of drug-likeness (QED) is 0.718. The summed E-state index contributed by atoms with van der Waals surface area (Å²) in [6.45, 7) is 4.75. The van der Waals surface area contributed by atoms with Gasteiger partial charge in [-0.3, -0.25) is 0 Å². The predicted molar refractivity (Wildman–Crippen MR) is 115 cm³/mol. The molecule has 0 radical (unpaired) electrons. The van der Waals surface area contributed by atoms with Gasteiger partial charge in [0.15, 0.2) is 0 Å². The Labute approximate surface area is 178 Å². The summed E-state index contributed by atoms with van der Waals surface area (Å²) in [5.74, 6) is 0. The minimum atomic E-state index is -0.481. The maximum atomic E-state index is 12.4. The van der Waals surface area contributed by atoms with Gasteiger partial charge in [0.1, 0.15) is 13.2 Å². The molecule has 6 heteroatoms. The largest absolute Gasteiger partial charge is 0.445 e. The molecule has 1 aliphatic rings. The lowest BCUT2D eigenvalue weighted by Gasteiger charge is -2.40. The molecule has 3 rings (SSSR count). The van der Waals surface area contributed by atoms with Gasteiger partial charge in [0.25, 0.3) is 0 Å². The summed E-state index contributed by atoms with van der Waals surface area (Å²) < 4.78 is 10.7. The first-order chi connectivity index (χ1) is 14.4. The monoisotopic (exact) mass is 410 g/mol. The molecule has 0 heterocycles. The lowest BCUT2D eigenvalue weighted by atomic mass is 9.73. The van der Waals surface area contributed by atoms with Crippen LogP contribution in [0.3, 0.4) is 0 Å². The van der Waals surface area contributed by atoms with Gasteiger partial charge >= 0.3 is 12.2 Å². The van der Waals surface area contributed by atoms with Gasteiger partial charge < -0.3 is 20.1 Å². The zero-order valence-electron chi connectivity index (χ0n) is 17.6. The molecule has 0 unspecified atom stereocenters. The molecule has 0 aliphatic heterocycles. The number of ether oxygens (including phenoxy) is 2. The van der Waals surface area contributed by atoms with Gasteiger partial charge in [-0.1, -0.05) is 74.5 Å². The Hall–Kier alpha value is -3.02. The number of alkyl carbamates (subject to hydrolysis) is 2. The zero-order chi connectivity index (χ0) is 21.4. The zero-order valence-corrected chi connectivity index (χ0v) is 17.6. The number of carbonyl (C=O) groups is 2. The number of hydrogen-bond acceptors (Lipinski definition) is 4. The lowest BCUT2D eigenvalue weighted by Crippen LogP contribution is -2.56. The predicted octanol–water partition coefficient (Wildman–Crippen LogP) is 4.79. The molecule has 2 amide bonds. The minimum Gasteiger partial charge on any atom is -0.445 e. The van der Waals surface area contributed by atoms with Gasteiger partial charge in [-0.25, -0.2) is 9.59 Å². The number of carbonyl (C=O) groups excluding carboxylic acids is 2. The summed E-state index contributed by atoms with van der Waals surface area (Å²) in [6.07, 6.45) is 1.50. The Morgan fingerprint density at radius 2 is 1.30 bits per heavy atom. The van der Waals surface area contributed by atoms with E-state index in [0.29, 0.717) is 0 Å². The smallest absolute Gasteiger partial charge is 0.407 e. The van der Waals surface area contributed by atoms with Crippen LogP contribution < -0.4 is 10.6 Å². The molecule has 160 valence electrons. The van der Waals surface area contributed by atoms with Crippen LogP contribution in [0.1, 0.15) is 44.2 Å². The highest BCUT2D eigenvalue weighted by Crippen LogP contribution is 2.35. The standard InChI is InChI=1S/C24H30N2O4/c1-24(2)14-13-20(25-22(27)29-16-18-9-5-3-6-10-18)21(15-24)26-23(28)30-17-19-11-7-4-8-12-19/h3-12,20-21H,13-17H2,1-2H3,(H,25,27)(H,26,28)/t20-,21-/m1/s1. The van der Waals surface area contributed by atoms with Crippen molar-refractivity contribution in [2.45, 2.75) is 58.4 Å². The van der Waals surface area contributed by atoms with E-state index in [1.54, 1.807) is 0 Å². The third kappa shape index (κ3) is 6.79. The summed E-state index contributed by atoms with van der Waals surface area (Å²) in [6, 6.07) is 18.7. The molecule has 2 N–H and O–H groups in total. The van der Waals surface area contributed by atoms with Crippen molar-refractivity contribution in [1.29, 1.82) is 0 Å². The average Bonchev–Trinajstić information content (AvgIpc) is 2.74. The molecular weight excluding hydrogens is 380 g/mol. The van der Waals surface area contributed by atoms with Gasteiger partial charge in [-0.15, -0.1) is 0 Å². The van der Waals surface area contributed by atoms with Crippen molar-refractivity contribution in [3.63, 3.8) is 0 Å². The number of hydrogen-bond donors (Lipinski definition) is 2. The molecule has 2 atom stereocenters. The molecule has 1 saturated carbocycles. The van der Waals surface area contributed by atoms with E-state index in [1.807, 2.05) is 60.7 Å². The third-order valence-corrected chi connectivity index (χ3v) is 5.42. The summed E-state index contributed by atoms with van der Waals surface area (Å²) in [4.78, 5) is 24.7. The molecule has 0 saturated heterocycles.